The van der Waals surface area contributed by atoms with Crippen molar-refractivity contribution in [3.8, 4) is 5.75 Å². The van der Waals surface area contributed by atoms with Gasteiger partial charge in [0.25, 0.3) is 0 Å². The second kappa shape index (κ2) is 10.8. The minimum absolute atomic E-state index is 0.159. The molecule has 8 nitrogen and oxygen atoms in total. The first kappa shape index (κ1) is 22.6. The molecule has 2 amide bonds. The molecule has 0 spiro atoms. The first-order valence-electron chi connectivity index (χ1n) is 10.0. The Kier molecular flexibility index (Phi) is 7.64. The third-order valence-electron chi connectivity index (χ3n) is 4.68. The van der Waals surface area contributed by atoms with Crippen molar-refractivity contribution in [2.45, 2.75) is 13.0 Å². The zero-order valence-electron chi connectivity index (χ0n) is 17.8. The van der Waals surface area contributed by atoms with Gasteiger partial charge in [0.05, 0.1) is 31.0 Å². The fourth-order valence-corrected chi connectivity index (χ4v) is 3.23. The number of carbonyl (C=O) groups is 3. The topological polar surface area (TPSA) is 103 Å². The van der Waals surface area contributed by atoms with Crippen molar-refractivity contribution in [2.75, 3.05) is 20.3 Å². The van der Waals surface area contributed by atoms with Crippen LogP contribution in [0.5, 0.6) is 5.75 Å². The first-order chi connectivity index (χ1) is 15.5. The lowest BCUT2D eigenvalue weighted by atomic mass is 9.95. The van der Waals surface area contributed by atoms with Crippen LogP contribution in [0, 0.1) is 0 Å². The SMILES string of the molecule is CCOC(=O)C1=C(COC(=O)/C=C/c2ccccc2OC)NC(=O)NC1c1ccccc1. The zero-order chi connectivity index (χ0) is 22.9. The predicted octanol–water partition coefficient (Wildman–Crippen LogP) is 3.12. The van der Waals surface area contributed by atoms with Crippen LogP contribution in [0.4, 0.5) is 4.79 Å². The van der Waals surface area contributed by atoms with E-state index in [0.29, 0.717) is 16.9 Å². The van der Waals surface area contributed by atoms with E-state index < -0.39 is 24.0 Å². The number of benzene rings is 2. The molecule has 1 atom stereocenters. The van der Waals surface area contributed by atoms with Gasteiger partial charge in [-0.05, 0) is 24.6 Å². The third-order valence-corrected chi connectivity index (χ3v) is 4.68. The molecule has 2 N–H and O–H groups in total. The van der Waals surface area contributed by atoms with E-state index in [1.807, 2.05) is 18.2 Å². The molecule has 1 aliphatic heterocycles. The number of urea groups is 1. The van der Waals surface area contributed by atoms with E-state index >= 15 is 0 Å². The Morgan fingerprint density at radius 1 is 1.03 bits per heavy atom. The molecular formula is C24H24N2O6. The second-order valence-electron chi connectivity index (χ2n) is 6.74. The van der Waals surface area contributed by atoms with Crippen LogP contribution in [-0.4, -0.2) is 38.3 Å². The molecule has 166 valence electrons. The summed E-state index contributed by atoms with van der Waals surface area (Å²) in [4.78, 5) is 37.2. The Labute approximate surface area is 185 Å². The number of rotatable bonds is 8. The van der Waals surface area contributed by atoms with Gasteiger partial charge in [-0.25, -0.2) is 14.4 Å². The van der Waals surface area contributed by atoms with Crippen LogP contribution in [0.2, 0.25) is 0 Å². The van der Waals surface area contributed by atoms with Crippen molar-refractivity contribution in [1.82, 2.24) is 10.6 Å². The number of hydrogen-bond acceptors (Lipinski definition) is 6. The molecule has 1 unspecified atom stereocenters. The highest BCUT2D eigenvalue weighted by Crippen LogP contribution is 2.28. The van der Waals surface area contributed by atoms with Gasteiger partial charge < -0.3 is 24.8 Å². The molecule has 8 heteroatoms. The van der Waals surface area contributed by atoms with Crippen molar-refractivity contribution in [3.63, 3.8) is 0 Å². The number of hydrogen-bond donors (Lipinski definition) is 2. The maximum atomic E-state index is 12.7. The van der Waals surface area contributed by atoms with E-state index in [9.17, 15) is 14.4 Å². The maximum absolute atomic E-state index is 12.7. The molecular weight excluding hydrogens is 412 g/mol. The van der Waals surface area contributed by atoms with Gasteiger partial charge in [0.1, 0.15) is 12.4 Å². The fourth-order valence-electron chi connectivity index (χ4n) is 3.23. The molecule has 0 aliphatic carbocycles. The van der Waals surface area contributed by atoms with Crippen molar-refractivity contribution in [3.05, 3.63) is 83.1 Å². The molecule has 2 aromatic carbocycles. The Balaban J connectivity index is 1.82. The quantitative estimate of drug-likeness (QED) is 0.487. The minimum atomic E-state index is -0.734. The van der Waals surface area contributed by atoms with Gasteiger partial charge in [-0.3, -0.25) is 0 Å². The summed E-state index contributed by atoms with van der Waals surface area (Å²) >= 11 is 0. The van der Waals surface area contributed by atoms with Crippen LogP contribution in [0.25, 0.3) is 6.08 Å². The second-order valence-corrected chi connectivity index (χ2v) is 6.74. The average molecular weight is 436 g/mol. The number of para-hydroxylation sites is 1. The molecule has 0 bridgehead atoms. The summed E-state index contributed by atoms with van der Waals surface area (Å²) < 4.78 is 15.7. The third kappa shape index (κ3) is 5.54. The molecule has 0 saturated carbocycles. The highest BCUT2D eigenvalue weighted by atomic mass is 16.5. The fraction of sp³-hybridized carbons (Fsp3) is 0.208. The molecule has 1 heterocycles. The molecule has 1 aliphatic rings. The monoisotopic (exact) mass is 436 g/mol. The van der Waals surface area contributed by atoms with Crippen molar-refractivity contribution in [1.29, 1.82) is 0 Å². The van der Waals surface area contributed by atoms with Gasteiger partial charge in [0.15, 0.2) is 0 Å². The summed E-state index contributed by atoms with van der Waals surface area (Å²) in [5.41, 5.74) is 1.75. The Bertz CT molecular complexity index is 1050. The lowest BCUT2D eigenvalue weighted by molar-refractivity contribution is -0.140. The van der Waals surface area contributed by atoms with E-state index in [1.54, 1.807) is 49.4 Å². The predicted molar refractivity (Wildman–Crippen MR) is 117 cm³/mol. The number of methoxy groups -OCH3 is 1. The lowest BCUT2D eigenvalue weighted by Gasteiger charge is -2.29. The van der Waals surface area contributed by atoms with Crippen LogP contribution in [0.15, 0.2) is 71.9 Å². The Morgan fingerprint density at radius 3 is 2.47 bits per heavy atom. The van der Waals surface area contributed by atoms with Gasteiger partial charge >= 0.3 is 18.0 Å². The van der Waals surface area contributed by atoms with Gasteiger partial charge in [-0.1, -0.05) is 48.5 Å². The van der Waals surface area contributed by atoms with Crippen LogP contribution in [0.1, 0.15) is 24.1 Å². The molecule has 0 fully saturated rings. The number of esters is 2. The highest BCUT2D eigenvalue weighted by Gasteiger charge is 2.34. The molecule has 2 aromatic rings. The summed E-state index contributed by atoms with van der Waals surface area (Å²) in [6, 6.07) is 15.0. The van der Waals surface area contributed by atoms with Crippen molar-refractivity contribution >= 4 is 24.0 Å². The Morgan fingerprint density at radius 2 is 1.75 bits per heavy atom. The molecule has 0 saturated heterocycles. The van der Waals surface area contributed by atoms with Crippen molar-refractivity contribution < 1.29 is 28.6 Å². The summed E-state index contributed by atoms with van der Waals surface area (Å²) in [6.45, 7) is 1.54. The van der Waals surface area contributed by atoms with E-state index in [-0.39, 0.29) is 24.5 Å². The smallest absolute Gasteiger partial charge is 0.338 e. The lowest BCUT2D eigenvalue weighted by Crippen LogP contribution is -2.47. The van der Waals surface area contributed by atoms with Crippen LogP contribution in [-0.2, 0) is 19.1 Å². The van der Waals surface area contributed by atoms with Crippen LogP contribution >= 0.6 is 0 Å². The minimum Gasteiger partial charge on any atom is -0.496 e. The van der Waals surface area contributed by atoms with Crippen LogP contribution in [0.3, 0.4) is 0 Å². The molecule has 0 radical (unpaired) electrons. The molecule has 3 rings (SSSR count). The summed E-state index contributed by atoms with van der Waals surface area (Å²) in [5.74, 6) is -0.639. The van der Waals surface area contributed by atoms with E-state index in [2.05, 4.69) is 10.6 Å². The standard InChI is InChI=1S/C24H24N2O6/c1-3-31-23(28)21-18(25-24(29)26-22(21)17-10-5-4-6-11-17)15-32-20(27)14-13-16-9-7-8-12-19(16)30-2/h4-14,22H,3,15H2,1-2H3,(H2,25,26,29)/b14-13+. The summed E-state index contributed by atoms with van der Waals surface area (Å²) in [5, 5.41) is 5.28. The maximum Gasteiger partial charge on any atom is 0.338 e. The first-order valence-corrected chi connectivity index (χ1v) is 10.0. The largest absolute Gasteiger partial charge is 0.496 e. The molecule has 32 heavy (non-hydrogen) atoms. The zero-order valence-corrected chi connectivity index (χ0v) is 17.8. The number of carbonyl (C=O) groups excluding carboxylic acids is 3. The van der Waals surface area contributed by atoms with Crippen LogP contribution < -0.4 is 15.4 Å². The number of nitrogens with one attached hydrogen (secondary N) is 2. The summed E-state index contributed by atoms with van der Waals surface area (Å²) in [6.07, 6.45) is 2.82. The molecule has 0 aromatic heterocycles. The average Bonchev–Trinajstić information content (AvgIpc) is 2.81. The number of amides is 2. The summed E-state index contributed by atoms with van der Waals surface area (Å²) in [7, 11) is 1.54. The normalized spacial score (nSPS) is 15.7. The van der Waals surface area contributed by atoms with Gasteiger partial charge in [-0.2, -0.15) is 0 Å². The van der Waals surface area contributed by atoms with Gasteiger partial charge in [-0.15, -0.1) is 0 Å². The van der Waals surface area contributed by atoms with Gasteiger partial charge in [0, 0.05) is 11.6 Å². The van der Waals surface area contributed by atoms with E-state index in [0.717, 1.165) is 0 Å². The van der Waals surface area contributed by atoms with Crippen molar-refractivity contribution in [2.24, 2.45) is 0 Å². The van der Waals surface area contributed by atoms with E-state index in [4.69, 9.17) is 14.2 Å². The van der Waals surface area contributed by atoms with Gasteiger partial charge in [0.2, 0.25) is 0 Å². The Hall–Kier alpha value is -4.07. The highest BCUT2D eigenvalue weighted by molar-refractivity contribution is 5.95. The van der Waals surface area contributed by atoms with E-state index in [1.165, 1.54) is 13.2 Å². The number of ether oxygens (including phenoxy) is 3.